The quantitative estimate of drug-likeness (QED) is 0.406. The lowest BCUT2D eigenvalue weighted by Gasteiger charge is -2.22. The van der Waals surface area contributed by atoms with Gasteiger partial charge < -0.3 is 9.32 Å². The zero-order valence-corrected chi connectivity index (χ0v) is 16.9. The Morgan fingerprint density at radius 3 is 2.55 bits per heavy atom. The number of aryl methyl sites for hydroxylation is 1. The standard InChI is InChI=1S/C25H20F2N2O2/c1-15-13-17(6-10-20(15)27)18-7-11-23-21(14-18)28-24(31-23)22-3-2-12-29(22)25(30)16-4-8-19(26)9-5-16/h4-11,13-14,22H,2-3,12H2,1H3/t22-/m0/s1. The third kappa shape index (κ3) is 3.58. The number of rotatable bonds is 3. The van der Waals surface area contributed by atoms with Crippen molar-refractivity contribution in [3.05, 3.63) is 89.3 Å². The molecule has 0 spiro atoms. The number of carbonyl (C=O) groups is 1. The first-order valence-electron chi connectivity index (χ1n) is 10.2. The normalized spacial score (nSPS) is 16.2. The Hall–Kier alpha value is -3.54. The largest absolute Gasteiger partial charge is 0.438 e. The van der Waals surface area contributed by atoms with E-state index >= 15 is 0 Å². The average Bonchev–Trinajstić information content (AvgIpc) is 3.42. The molecule has 3 aromatic carbocycles. The number of aromatic nitrogens is 1. The summed E-state index contributed by atoms with van der Waals surface area (Å²) in [6.45, 7) is 2.33. The van der Waals surface area contributed by atoms with Gasteiger partial charge in [-0.25, -0.2) is 13.8 Å². The van der Waals surface area contributed by atoms with Crippen molar-refractivity contribution in [3.8, 4) is 11.1 Å². The summed E-state index contributed by atoms with van der Waals surface area (Å²) in [7, 11) is 0. The Bertz CT molecular complexity index is 1280. The van der Waals surface area contributed by atoms with E-state index in [1.165, 1.54) is 30.3 Å². The average molecular weight is 418 g/mol. The van der Waals surface area contributed by atoms with Gasteiger partial charge in [-0.15, -0.1) is 0 Å². The van der Waals surface area contributed by atoms with Gasteiger partial charge in [-0.2, -0.15) is 0 Å². The summed E-state index contributed by atoms with van der Waals surface area (Å²) in [4.78, 5) is 19.4. The van der Waals surface area contributed by atoms with Crippen LogP contribution >= 0.6 is 0 Å². The lowest BCUT2D eigenvalue weighted by atomic mass is 10.0. The minimum Gasteiger partial charge on any atom is -0.438 e. The lowest BCUT2D eigenvalue weighted by Crippen LogP contribution is -2.30. The fourth-order valence-corrected chi connectivity index (χ4v) is 4.12. The number of halogens is 2. The molecule has 0 radical (unpaired) electrons. The minimum absolute atomic E-state index is 0.160. The van der Waals surface area contributed by atoms with Crippen molar-refractivity contribution < 1.29 is 18.0 Å². The molecule has 2 heterocycles. The number of hydrogen-bond acceptors (Lipinski definition) is 3. The van der Waals surface area contributed by atoms with Crippen LogP contribution in [0, 0.1) is 18.6 Å². The molecule has 4 nitrogen and oxygen atoms in total. The molecule has 1 amide bonds. The van der Waals surface area contributed by atoms with E-state index in [4.69, 9.17) is 4.42 Å². The Morgan fingerprint density at radius 1 is 1.03 bits per heavy atom. The third-order valence-electron chi connectivity index (χ3n) is 5.79. The number of amides is 1. The van der Waals surface area contributed by atoms with Crippen LogP contribution in [0.15, 0.2) is 65.1 Å². The number of oxazole rings is 1. The molecule has 4 aromatic rings. The second-order valence-corrected chi connectivity index (χ2v) is 7.86. The van der Waals surface area contributed by atoms with Gasteiger partial charge in [-0.05, 0) is 85.0 Å². The maximum Gasteiger partial charge on any atom is 0.254 e. The zero-order valence-electron chi connectivity index (χ0n) is 16.9. The smallest absolute Gasteiger partial charge is 0.254 e. The van der Waals surface area contributed by atoms with E-state index in [2.05, 4.69) is 4.98 Å². The Morgan fingerprint density at radius 2 is 1.77 bits per heavy atom. The Kier molecular flexibility index (Phi) is 4.77. The van der Waals surface area contributed by atoms with E-state index in [-0.39, 0.29) is 23.6 Å². The number of benzene rings is 3. The van der Waals surface area contributed by atoms with E-state index < -0.39 is 0 Å². The molecule has 0 unspecified atom stereocenters. The van der Waals surface area contributed by atoms with E-state index in [0.717, 1.165) is 24.0 Å². The van der Waals surface area contributed by atoms with Crippen molar-refractivity contribution in [2.24, 2.45) is 0 Å². The van der Waals surface area contributed by atoms with Gasteiger partial charge >= 0.3 is 0 Å². The Balaban J connectivity index is 1.46. The maximum atomic E-state index is 13.6. The van der Waals surface area contributed by atoms with Crippen LogP contribution < -0.4 is 0 Å². The van der Waals surface area contributed by atoms with Gasteiger partial charge in [0.2, 0.25) is 5.89 Å². The maximum absolute atomic E-state index is 13.6. The summed E-state index contributed by atoms with van der Waals surface area (Å²) < 4.78 is 32.8. The van der Waals surface area contributed by atoms with Crippen molar-refractivity contribution in [2.75, 3.05) is 6.54 Å². The molecule has 1 aliphatic heterocycles. The van der Waals surface area contributed by atoms with Crippen molar-refractivity contribution in [1.82, 2.24) is 9.88 Å². The van der Waals surface area contributed by atoms with Crippen LogP contribution in [0.2, 0.25) is 0 Å². The van der Waals surface area contributed by atoms with Gasteiger partial charge in [0.25, 0.3) is 5.91 Å². The molecular formula is C25H20F2N2O2. The SMILES string of the molecule is Cc1cc(-c2ccc3oc([C@@H]4CCCN4C(=O)c4ccc(F)cc4)nc3c2)ccc1F. The highest BCUT2D eigenvalue weighted by Crippen LogP contribution is 2.35. The molecular weight excluding hydrogens is 398 g/mol. The van der Waals surface area contributed by atoms with Crippen LogP contribution in [0.5, 0.6) is 0 Å². The van der Waals surface area contributed by atoms with E-state index in [1.807, 2.05) is 18.2 Å². The van der Waals surface area contributed by atoms with Crippen LogP contribution in [0.4, 0.5) is 8.78 Å². The molecule has 0 bridgehead atoms. The van der Waals surface area contributed by atoms with E-state index in [9.17, 15) is 13.6 Å². The van der Waals surface area contributed by atoms with Crippen LogP contribution in [-0.2, 0) is 0 Å². The first-order valence-corrected chi connectivity index (χ1v) is 10.2. The summed E-state index contributed by atoms with van der Waals surface area (Å²) in [6.07, 6.45) is 1.60. The number of hydrogen-bond donors (Lipinski definition) is 0. The molecule has 6 heteroatoms. The van der Waals surface area contributed by atoms with Gasteiger partial charge in [-0.3, -0.25) is 4.79 Å². The molecule has 0 saturated carbocycles. The van der Waals surface area contributed by atoms with Crippen molar-refractivity contribution >= 4 is 17.0 Å². The lowest BCUT2D eigenvalue weighted by molar-refractivity contribution is 0.0717. The molecule has 31 heavy (non-hydrogen) atoms. The van der Waals surface area contributed by atoms with Crippen molar-refractivity contribution in [2.45, 2.75) is 25.8 Å². The number of carbonyl (C=O) groups excluding carboxylic acids is 1. The first kappa shape index (κ1) is 19.4. The Labute approximate surface area is 178 Å². The highest BCUT2D eigenvalue weighted by molar-refractivity contribution is 5.94. The van der Waals surface area contributed by atoms with Crippen LogP contribution in [0.3, 0.4) is 0 Å². The predicted octanol–water partition coefficient (Wildman–Crippen LogP) is 6.06. The molecule has 1 fully saturated rings. The van der Waals surface area contributed by atoms with E-state index in [0.29, 0.717) is 34.7 Å². The highest BCUT2D eigenvalue weighted by Gasteiger charge is 2.34. The molecule has 1 aromatic heterocycles. The topological polar surface area (TPSA) is 46.3 Å². The second kappa shape index (κ2) is 7.61. The summed E-state index contributed by atoms with van der Waals surface area (Å²) in [5.41, 5.74) is 4.17. The van der Waals surface area contributed by atoms with Gasteiger partial charge in [0.05, 0.1) is 0 Å². The van der Waals surface area contributed by atoms with Gasteiger partial charge in [-0.1, -0.05) is 12.1 Å². The third-order valence-corrected chi connectivity index (χ3v) is 5.79. The molecule has 1 atom stereocenters. The zero-order chi connectivity index (χ0) is 21.5. The van der Waals surface area contributed by atoms with Crippen LogP contribution in [0.1, 0.15) is 40.7 Å². The van der Waals surface area contributed by atoms with Crippen molar-refractivity contribution in [1.29, 1.82) is 0 Å². The number of nitrogens with zero attached hydrogens (tertiary/aromatic N) is 2. The number of fused-ring (bicyclic) bond motifs is 1. The summed E-state index contributed by atoms with van der Waals surface area (Å²) in [5.74, 6) is -0.274. The van der Waals surface area contributed by atoms with Crippen LogP contribution in [-0.4, -0.2) is 22.3 Å². The molecule has 0 aliphatic carbocycles. The molecule has 0 N–H and O–H groups in total. The van der Waals surface area contributed by atoms with E-state index in [1.54, 1.807) is 24.0 Å². The van der Waals surface area contributed by atoms with Gasteiger partial charge in [0.1, 0.15) is 23.2 Å². The fraction of sp³-hybridized carbons (Fsp3) is 0.200. The summed E-state index contributed by atoms with van der Waals surface area (Å²) in [5, 5.41) is 0. The molecule has 5 rings (SSSR count). The van der Waals surface area contributed by atoms with Gasteiger partial charge in [0.15, 0.2) is 5.58 Å². The van der Waals surface area contributed by atoms with Crippen molar-refractivity contribution in [3.63, 3.8) is 0 Å². The molecule has 1 aliphatic rings. The molecule has 156 valence electrons. The minimum atomic E-state index is -0.374. The predicted molar refractivity (Wildman–Crippen MR) is 114 cm³/mol. The monoisotopic (exact) mass is 418 g/mol. The first-order chi connectivity index (χ1) is 15.0. The summed E-state index contributed by atoms with van der Waals surface area (Å²) >= 11 is 0. The highest BCUT2D eigenvalue weighted by atomic mass is 19.1. The van der Waals surface area contributed by atoms with Crippen LogP contribution in [0.25, 0.3) is 22.2 Å². The fourth-order valence-electron chi connectivity index (χ4n) is 4.12. The summed E-state index contributed by atoms with van der Waals surface area (Å²) in [6, 6.07) is 16.0. The molecule has 1 saturated heterocycles. The number of likely N-dealkylation sites (tertiary alicyclic amines) is 1. The second-order valence-electron chi connectivity index (χ2n) is 7.86. The van der Waals surface area contributed by atoms with Gasteiger partial charge in [0, 0.05) is 12.1 Å².